The van der Waals surface area contributed by atoms with E-state index < -0.39 is 0 Å². The van der Waals surface area contributed by atoms with E-state index in [1.165, 1.54) is 57.8 Å². The number of aliphatic hydroxyl groups excluding tert-OH is 1. The molecule has 4 aliphatic carbocycles. The van der Waals surface area contributed by atoms with Crippen LogP contribution in [0.3, 0.4) is 0 Å². The lowest BCUT2D eigenvalue weighted by Gasteiger charge is -2.57. The Morgan fingerprint density at radius 2 is 1.67 bits per heavy atom. The van der Waals surface area contributed by atoms with Crippen molar-refractivity contribution in [2.45, 2.75) is 118 Å². The lowest BCUT2D eigenvalue weighted by atomic mass is 9.47. The first-order chi connectivity index (χ1) is 14.2. The highest BCUT2D eigenvalue weighted by atomic mass is 16.3. The molecule has 0 aromatic rings. The smallest absolute Gasteiger partial charge is 0.0543 e. The van der Waals surface area contributed by atoms with E-state index in [9.17, 15) is 5.11 Å². The van der Waals surface area contributed by atoms with Crippen molar-refractivity contribution in [1.82, 2.24) is 0 Å². The van der Waals surface area contributed by atoms with Crippen LogP contribution in [0.2, 0.25) is 0 Å². The minimum atomic E-state index is -0.0404. The van der Waals surface area contributed by atoms with Crippen LogP contribution in [0.1, 0.15) is 112 Å². The number of hydrogen-bond acceptors (Lipinski definition) is 1. The molecule has 4 aliphatic rings. The van der Waals surface area contributed by atoms with Crippen molar-refractivity contribution in [1.29, 1.82) is 0 Å². The molecule has 1 nitrogen and oxygen atoms in total. The summed E-state index contributed by atoms with van der Waals surface area (Å²) in [5.74, 6) is 5.92. The van der Waals surface area contributed by atoms with Crippen molar-refractivity contribution in [3.05, 3.63) is 11.6 Å². The summed E-state index contributed by atoms with van der Waals surface area (Å²) >= 11 is 0. The third-order valence-electron chi connectivity index (χ3n) is 11.3. The fraction of sp³-hybridized carbons (Fsp3) is 0.931. The molecule has 4 rings (SSSR count). The van der Waals surface area contributed by atoms with E-state index in [4.69, 9.17) is 0 Å². The first kappa shape index (κ1) is 22.9. The molecular formula is C29H50O. The van der Waals surface area contributed by atoms with Gasteiger partial charge < -0.3 is 5.11 Å². The van der Waals surface area contributed by atoms with Crippen LogP contribution < -0.4 is 0 Å². The minimum Gasteiger partial charge on any atom is -0.393 e. The van der Waals surface area contributed by atoms with E-state index in [0.717, 1.165) is 54.3 Å². The van der Waals surface area contributed by atoms with E-state index >= 15 is 0 Å². The lowest BCUT2D eigenvalue weighted by Crippen LogP contribution is -2.49. The maximum absolute atomic E-state index is 10.3. The van der Waals surface area contributed by atoms with Gasteiger partial charge in [-0.15, -0.1) is 0 Å². The predicted octanol–water partition coefficient (Wildman–Crippen LogP) is 8.02. The molecule has 0 aromatic carbocycles. The average Bonchev–Trinajstić information content (AvgIpc) is 3.06. The Hall–Kier alpha value is -0.300. The molecule has 0 amide bonds. The van der Waals surface area contributed by atoms with E-state index in [0.29, 0.717) is 10.8 Å². The van der Waals surface area contributed by atoms with Crippen molar-refractivity contribution < 1.29 is 5.11 Å². The van der Waals surface area contributed by atoms with Gasteiger partial charge in [0.1, 0.15) is 0 Å². The van der Waals surface area contributed by atoms with E-state index in [2.05, 4.69) is 47.6 Å². The van der Waals surface area contributed by atoms with Crippen LogP contribution in [-0.2, 0) is 0 Å². The Morgan fingerprint density at radius 3 is 2.37 bits per heavy atom. The van der Waals surface area contributed by atoms with Gasteiger partial charge in [-0.1, -0.05) is 66.0 Å². The first-order valence-electron chi connectivity index (χ1n) is 13.6. The topological polar surface area (TPSA) is 20.2 Å². The Balaban J connectivity index is 1.48. The molecule has 0 bridgehead atoms. The van der Waals surface area contributed by atoms with Gasteiger partial charge in [0, 0.05) is 0 Å². The predicted molar refractivity (Wildman–Crippen MR) is 128 cm³/mol. The zero-order chi connectivity index (χ0) is 21.7. The van der Waals surface area contributed by atoms with Gasteiger partial charge in [0.05, 0.1) is 6.10 Å². The molecule has 0 saturated heterocycles. The van der Waals surface area contributed by atoms with Crippen LogP contribution in [0.25, 0.3) is 0 Å². The molecule has 0 unspecified atom stereocenters. The van der Waals surface area contributed by atoms with Crippen LogP contribution in [0.4, 0.5) is 0 Å². The average molecular weight is 415 g/mol. The fourth-order valence-electron chi connectivity index (χ4n) is 9.15. The monoisotopic (exact) mass is 414 g/mol. The number of fused-ring (bicyclic) bond motifs is 5. The lowest BCUT2D eigenvalue weighted by molar-refractivity contribution is -0.0428. The van der Waals surface area contributed by atoms with Crippen molar-refractivity contribution in [3.8, 4) is 0 Å². The molecule has 1 N–H and O–H groups in total. The Morgan fingerprint density at radius 1 is 0.967 bits per heavy atom. The molecule has 30 heavy (non-hydrogen) atoms. The van der Waals surface area contributed by atoms with Gasteiger partial charge in [0.25, 0.3) is 0 Å². The summed E-state index contributed by atoms with van der Waals surface area (Å²) in [6, 6.07) is 0. The summed E-state index contributed by atoms with van der Waals surface area (Å²) in [5, 5.41) is 10.3. The van der Waals surface area contributed by atoms with Crippen LogP contribution in [0.5, 0.6) is 0 Å². The maximum atomic E-state index is 10.3. The van der Waals surface area contributed by atoms with Gasteiger partial charge in [-0.2, -0.15) is 0 Å². The Labute approximate surface area is 187 Å². The number of allylic oxidation sites excluding steroid dienone is 2. The molecule has 0 spiro atoms. The first-order valence-corrected chi connectivity index (χ1v) is 13.6. The summed E-state index contributed by atoms with van der Waals surface area (Å²) in [6.45, 7) is 15.1. The number of hydrogen-bond donors (Lipinski definition) is 1. The Bertz CT molecular complexity index is 634. The highest BCUT2D eigenvalue weighted by Gasteiger charge is 2.58. The van der Waals surface area contributed by atoms with Gasteiger partial charge >= 0.3 is 0 Å². The standard InChI is InChI=1S/C29H50O/c1-7-21(19(2)3)9-8-20(4)25-12-13-26-24-11-10-22-18-23(30)14-16-28(22,5)27(24)15-17-29(25,26)6/h11,19-23,25-27,30H,7-10,12-18H2,1-6H3/t20-,21+,22+,23-,25-,26+,27+,28+,29-/m1/s1. The second-order valence-electron chi connectivity index (χ2n) is 12.9. The van der Waals surface area contributed by atoms with Crippen molar-refractivity contribution in [2.24, 2.45) is 52.3 Å². The second kappa shape index (κ2) is 8.57. The zero-order valence-electron chi connectivity index (χ0n) is 20.9. The quantitative estimate of drug-likeness (QED) is 0.436. The Kier molecular flexibility index (Phi) is 6.53. The highest BCUT2D eigenvalue weighted by Crippen LogP contribution is 2.67. The molecule has 0 aliphatic heterocycles. The largest absolute Gasteiger partial charge is 0.393 e. The highest BCUT2D eigenvalue weighted by molar-refractivity contribution is 5.27. The maximum Gasteiger partial charge on any atom is 0.0543 e. The number of rotatable bonds is 6. The number of aliphatic hydroxyl groups is 1. The SMILES string of the molecule is CC[C@@H](CC[C@@H](C)[C@H]1CC[C@H]2C3=CC[C@H]4C[C@H](O)CC[C@]4(C)[C@H]3CC[C@]12C)C(C)C. The van der Waals surface area contributed by atoms with Gasteiger partial charge in [-0.3, -0.25) is 0 Å². The molecule has 1 heteroatoms. The molecule has 9 atom stereocenters. The van der Waals surface area contributed by atoms with Gasteiger partial charge in [0.2, 0.25) is 0 Å². The fourth-order valence-corrected chi connectivity index (χ4v) is 9.15. The summed E-state index contributed by atoms with van der Waals surface area (Å²) in [6.07, 6.45) is 17.2. The molecular weight excluding hydrogens is 364 g/mol. The van der Waals surface area contributed by atoms with Crippen molar-refractivity contribution >= 4 is 0 Å². The van der Waals surface area contributed by atoms with Crippen LogP contribution >= 0.6 is 0 Å². The van der Waals surface area contributed by atoms with Gasteiger partial charge in [0.15, 0.2) is 0 Å². The normalized spacial score (nSPS) is 45.3. The third kappa shape index (κ3) is 3.74. The van der Waals surface area contributed by atoms with Gasteiger partial charge in [-0.25, -0.2) is 0 Å². The molecule has 0 aromatic heterocycles. The van der Waals surface area contributed by atoms with E-state index in [1.807, 2.05) is 5.57 Å². The molecule has 3 fully saturated rings. The van der Waals surface area contributed by atoms with Crippen molar-refractivity contribution in [2.75, 3.05) is 0 Å². The molecule has 0 heterocycles. The van der Waals surface area contributed by atoms with Crippen LogP contribution in [-0.4, -0.2) is 11.2 Å². The summed E-state index contributed by atoms with van der Waals surface area (Å²) < 4.78 is 0. The second-order valence-corrected chi connectivity index (χ2v) is 12.9. The third-order valence-corrected chi connectivity index (χ3v) is 11.3. The zero-order valence-corrected chi connectivity index (χ0v) is 20.9. The summed E-state index contributed by atoms with van der Waals surface area (Å²) in [4.78, 5) is 0. The van der Waals surface area contributed by atoms with Crippen molar-refractivity contribution in [3.63, 3.8) is 0 Å². The van der Waals surface area contributed by atoms with Crippen LogP contribution in [0, 0.1) is 52.3 Å². The van der Waals surface area contributed by atoms with Crippen LogP contribution in [0.15, 0.2) is 11.6 Å². The van der Waals surface area contributed by atoms with E-state index in [-0.39, 0.29) is 6.10 Å². The summed E-state index contributed by atoms with van der Waals surface area (Å²) in [5.41, 5.74) is 2.88. The van der Waals surface area contributed by atoms with Gasteiger partial charge in [-0.05, 0) is 110 Å². The van der Waals surface area contributed by atoms with E-state index in [1.54, 1.807) is 0 Å². The molecule has 0 radical (unpaired) electrons. The molecule has 172 valence electrons. The molecule has 3 saturated carbocycles. The summed E-state index contributed by atoms with van der Waals surface area (Å²) in [7, 11) is 0. The minimum absolute atomic E-state index is 0.0404.